The van der Waals surface area contributed by atoms with Crippen LogP contribution in [0.3, 0.4) is 0 Å². The van der Waals surface area contributed by atoms with Crippen LogP contribution in [0.15, 0.2) is 54.6 Å². The van der Waals surface area contributed by atoms with Gasteiger partial charge >= 0.3 is 0 Å². The molecule has 0 bridgehead atoms. The number of carbonyl (C=O) groups is 1. The zero-order valence-corrected chi connectivity index (χ0v) is 13.0. The van der Waals surface area contributed by atoms with Crippen molar-refractivity contribution in [3.8, 4) is 0 Å². The third-order valence-corrected chi connectivity index (χ3v) is 4.51. The molecule has 1 aliphatic heterocycles. The molecule has 1 amide bonds. The van der Waals surface area contributed by atoms with Gasteiger partial charge in [-0.3, -0.25) is 4.79 Å². The summed E-state index contributed by atoms with van der Waals surface area (Å²) in [6, 6.07) is 17.7. The summed E-state index contributed by atoms with van der Waals surface area (Å²) >= 11 is 6.29. The van der Waals surface area contributed by atoms with Crippen molar-refractivity contribution >= 4 is 17.5 Å². The maximum Gasteiger partial charge on any atom is 0.225 e. The summed E-state index contributed by atoms with van der Waals surface area (Å²) in [5, 5.41) is 7.08. The van der Waals surface area contributed by atoms with E-state index in [1.165, 1.54) is 0 Å². The van der Waals surface area contributed by atoms with Gasteiger partial charge in [-0.1, -0.05) is 60.1 Å². The van der Waals surface area contributed by atoms with Crippen LogP contribution in [0.4, 0.5) is 0 Å². The summed E-state index contributed by atoms with van der Waals surface area (Å²) in [6.07, 6.45) is 0. The second-order valence-corrected chi connectivity index (χ2v) is 6.00. The molecular weight excluding hydrogens is 296 g/mol. The van der Waals surface area contributed by atoms with Crippen LogP contribution in [0.1, 0.15) is 17.0 Å². The summed E-state index contributed by atoms with van der Waals surface area (Å²) in [6.45, 7) is 2.04. The quantitative estimate of drug-likeness (QED) is 0.911. The highest BCUT2D eigenvalue weighted by molar-refractivity contribution is 6.31. The van der Waals surface area contributed by atoms with Gasteiger partial charge in [0, 0.05) is 30.6 Å². The molecule has 3 rings (SSSR count). The molecule has 0 unspecified atom stereocenters. The van der Waals surface area contributed by atoms with Crippen LogP contribution in [0.2, 0.25) is 5.02 Å². The van der Waals surface area contributed by atoms with Crippen molar-refractivity contribution in [1.29, 1.82) is 0 Å². The van der Waals surface area contributed by atoms with Crippen molar-refractivity contribution in [2.45, 2.75) is 12.5 Å². The Morgan fingerprint density at radius 2 is 1.82 bits per heavy atom. The summed E-state index contributed by atoms with van der Waals surface area (Å²) in [5.41, 5.74) is 2.16. The number of carbonyl (C=O) groups excluding carboxylic acids is 1. The highest BCUT2D eigenvalue weighted by Gasteiger charge is 2.34. The zero-order chi connectivity index (χ0) is 15.4. The van der Waals surface area contributed by atoms with Crippen LogP contribution in [0.25, 0.3) is 0 Å². The lowest BCUT2D eigenvalue weighted by Crippen LogP contribution is -2.34. The average Bonchev–Trinajstić information content (AvgIpc) is 3.03. The van der Waals surface area contributed by atoms with Gasteiger partial charge in [0.25, 0.3) is 0 Å². The Kier molecular flexibility index (Phi) is 4.76. The number of rotatable bonds is 4. The topological polar surface area (TPSA) is 41.1 Å². The SMILES string of the molecule is O=C(NCc1ccccc1)[C@H]1CNC[C@@H]1c1ccccc1Cl. The predicted molar refractivity (Wildman–Crippen MR) is 88.8 cm³/mol. The number of hydrogen-bond acceptors (Lipinski definition) is 2. The van der Waals surface area contributed by atoms with Crippen molar-refractivity contribution in [3.05, 3.63) is 70.7 Å². The van der Waals surface area contributed by atoms with Crippen molar-refractivity contribution in [2.75, 3.05) is 13.1 Å². The van der Waals surface area contributed by atoms with E-state index >= 15 is 0 Å². The molecule has 2 aromatic rings. The van der Waals surface area contributed by atoms with E-state index in [2.05, 4.69) is 10.6 Å². The number of amides is 1. The average molecular weight is 315 g/mol. The van der Waals surface area contributed by atoms with Gasteiger partial charge in [0.2, 0.25) is 5.91 Å². The fourth-order valence-electron chi connectivity index (χ4n) is 2.97. The van der Waals surface area contributed by atoms with E-state index < -0.39 is 0 Å². The second kappa shape index (κ2) is 6.95. The molecule has 4 heteroatoms. The fraction of sp³-hybridized carbons (Fsp3) is 0.278. The van der Waals surface area contributed by atoms with Gasteiger partial charge in [-0.05, 0) is 17.2 Å². The van der Waals surface area contributed by atoms with Crippen LogP contribution in [-0.4, -0.2) is 19.0 Å². The minimum Gasteiger partial charge on any atom is -0.352 e. The van der Waals surface area contributed by atoms with Gasteiger partial charge in [-0.2, -0.15) is 0 Å². The van der Waals surface area contributed by atoms with Crippen molar-refractivity contribution in [2.24, 2.45) is 5.92 Å². The monoisotopic (exact) mass is 314 g/mol. The first kappa shape index (κ1) is 15.1. The van der Waals surface area contributed by atoms with Crippen LogP contribution in [0.5, 0.6) is 0 Å². The lowest BCUT2D eigenvalue weighted by Gasteiger charge is -2.19. The molecule has 1 heterocycles. The van der Waals surface area contributed by atoms with E-state index in [0.717, 1.165) is 22.7 Å². The minimum atomic E-state index is -0.0800. The van der Waals surface area contributed by atoms with E-state index in [1.807, 2.05) is 54.6 Å². The number of halogens is 1. The first-order valence-corrected chi connectivity index (χ1v) is 7.90. The van der Waals surface area contributed by atoms with Gasteiger partial charge in [0.15, 0.2) is 0 Å². The van der Waals surface area contributed by atoms with E-state index in [4.69, 9.17) is 11.6 Å². The van der Waals surface area contributed by atoms with Gasteiger partial charge in [0.1, 0.15) is 0 Å². The van der Waals surface area contributed by atoms with Crippen molar-refractivity contribution in [3.63, 3.8) is 0 Å². The largest absolute Gasteiger partial charge is 0.352 e. The Morgan fingerprint density at radius 3 is 2.59 bits per heavy atom. The van der Waals surface area contributed by atoms with E-state index in [1.54, 1.807) is 0 Å². The first-order chi connectivity index (χ1) is 10.8. The zero-order valence-electron chi connectivity index (χ0n) is 12.3. The molecule has 0 radical (unpaired) electrons. The Hall–Kier alpha value is -1.84. The molecule has 0 aromatic heterocycles. The second-order valence-electron chi connectivity index (χ2n) is 5.60. The highest BCUT2D eigenvalue weighted by atomic mass is 35.5. The summed E-state index contributed by atoms with van der Waals surface area (Å²) < 4.78 is 0. The third kappa shape index (κ3) is 3.32. The first-order valence-electron chi connectivity index (χ1n) is 7.52. The summed E-state index contributed by atoms with van der Waals surface area (Å²) in [4.78, 5) is 12.5. The standard InChI is InChI=1S/C18H19ClN2O/c19-17-9-5-4-8-14(17)15-11-20-12-16(15)18(22)21-10-13-6-2-1-3-7-13/h1-9,15-16,20H,10-12H2,(H,21,22)/t15-,16+/m1/s1. The lowest BCUT2D eigenvalue weighted by molar-refractivity contribution is -0.125. The molecule has 1 aliphatic rings. The molecule has 1 saturated heterocycles. The van der Waals surface area contributed by atoms with Crippen molar-refractivity contribution in [1.82, 2.24) is 10.6 Å². The van der Waals surface area contributed by atoms with Gasteiger partial charge in [-0.25, -0.2) is 0 Å². The summed E-state index contributed by atoms with van der Waals surface area (Å²) in [7, 11) is 0. The third-order valence-electron chi connectivity index (χ3n) is 4.17. The molecule has 0 spiro atoms. The van der Waals surface area contributed by atoms with Gasteiger partial charge < -0.3 is 10.6 Å². The molecule has 3 nitrogen and oxygen atoms in total. The lowest BCUT2D eigenvalue weighted by atomic mass is 9.88. The Balaban J connectivity index is 1.68. The van der Waals surface area contributed by atoms with E-state index in [-0.39, 0.29) is 17.7 Å². The maximum absolute atomic E-state index is 12.5. The molecule has 1 fully saturated rings. The smallest absolute Gasteiger partial charge is 0.225 e. The molecular formula is C18H19ClN2O. The predicted octanol–water partition coefficient (Wildman–Crippen LogP) is 2.96. The fourth-order valence-corrected chi connectivity index (χ4v) is 3.25. The number of hydrogen-bond donors (Lipinski definition) is 2. The Bertz CT molecular complexity index is 645. The van der Waals surface area contributed by atoms with Crippen molar-refractivity contribution < 1.29 is 4.79 Å². The van der Waals surface area contributed by atoms with Crippen LogP contribution >= 0.6 is 11.6 Å². The van der Waals surface area contributed by atoms with Gasteiger partial charge in [-0.15, -0.1) is 0 Å². The van der Waals surface area contributed by atoms with E-state index in [9.17, 15) is 4.79 Å². The molecule has 2 aromatic carbocycles. The molecule has 0 saturated carbocycles. The normalized spacial score (nSPS) is 20.8. The molecule has 0 aliphatic carbocycles. The molecule has 22 heavy (non-hydrogen) atoms. The minimum absolute atomic E-state index is 0.0800. The summed E-state index contributed by atoms with van der Waals surface area (Å²) in [5.74, 6) is 0.131. The van der Waals surface area contributed by atoms with Crippen LogP contribution < -0.4 is 10.6 Å². The molecule has 2 N–H and O–H groups in total. The number of benzene rings is 2. The Labute approximate surface area is 135 Å². The molecule has 114 valence electrons. The number of nitrogens with one attached hydrogen (secondary N) is 2. The highest BCUT2D eigenvalue weighted by Crippen LogP contribution is 2.32. The maximum atomic E-state index is 12.5. The van der Waals surface area contributed by atoms with Crippen LogP contribution in [-0.2, 0) is 11.3 Å². The van der Waals surface area contributed by atoms with E-state index in [0.29, 0.717) is 13.1 Å². The van der Waals surface area contributed by atoms with Crippen LogP contribution in [0, 0.1) is 5.92 Å². The van der Waals surface area contributed by atoms with Gasteiger partial charge in [0.05, 0.1) is 5.92 Å². The Morgan fingerprint density at radius 1 is 1.09 bits per heavy atom. The molecule has 2 atom stereocenters.